The molecule has 0 spiro atoms. The summed E-state index contributed by atoms with van der Waals surface area (Å²) in [6, 6.07) is 13.8. The van der Waals surface area contributed by atoms with Gasteiger partial charge in [-0.1, -0.05) is 24.3 Å². The van der Waals surface area contributed by atoms with Crippen LogP contribution in [0.15, 0.2) is 52.9 Å². The molecule has 0 saturated heterocycles. The fourth-order valence-corrected chi connectivity index (χ4v) is 3.78. The second-order valence-electron chi connectivity index (χ2n) is 6.72. The van der Waals surface area contributed by atoms with Crippen molar-refractivity contribution in [1.82, 2.24) is 5.32 Å². The normalized spacial score (nSPS) is 12.7. The summed E-state index contributed by atoms with van der Waals surface area (Å²) in [5.41, 5.74) is 1.63. The molecular weight excluding hydrogens is 378 g/mol. The number of ether oxygens (including phenoxy) is 1. The fourth-order valence-electron chi connectivity index (χ4n) is 3.00. The molecule has 0 aliphatic rings. The molecule has 1 atom stereocenters. The van der Waals surface area contributed by atoms with E-state index in [2.05, 4.69) is 5.32 Å². The third-order valence-corrected chi connectivity index (χ3v) is 5.08. The van der Waals surface area contributed by atoms with E-state index < -0.39 is 9.84 Å². The number of carbonyl (C=O) groups excluding carboxylic acids is 1. The van der Waals surface area contributed by atoms with Crippen LogP contribution in [0, 0.1) is 0 Å². The van der Waals surface area contributed by atoms with Crippen molar-refractivity contribution in [3.8, 4) is 5.75 Å². The fraction of sp³-hybridized carbons (Fsp3) is 0.286. The zero-order valence-corrected chi connectivity index (χ0v) is 16.9. The predicted molar refractivity (Wildman–Crippen MR) is 108 cm³/mol. The Bertz CT molecular complexity index is 1100. The van der Waals surface area contributed by atoms with Crippen molar-refractivity contribution in [2.45, 2.75) is 25.6 Å². The average Bonchev–Trinajstić information content (AvgIpc) is 3.06. The largest absolute Gasteiger partial charge is 0.490 e. The molecule has 6 nitrogen and oxygen atoms in total. The van der Waals surface area contributed by atoms with Gasteiger partial charge in [-0.25, -0.2) is 8.42 Å². The van der Waals surface area contributed by atoms with Crippen molar-refractivity contribution in [2.75, 3.05) is 12.9 Å². The Morgan fingerprint density at radius 1 is 1.18 bits per heavy atom. The summed E-state index contributed by atoms with van der Waals surface area (Å²) in [5.74, 6) is 0.877. The van der Waals surface area contributed by atoms with Gasteiger partial charge in [0.1, 0.15) is 5.76 Å². The van der Waals surface area contributed by atoms with Crippen LogP contribution in [0.3, 0.4) is 0 Å². The highest BCUT2D eigenvalue weighted by atomic mass is 32.2. The number of nitrogens with one attached hydrogen (secondary N) is 1. The van der Waals surface area contributed by atoms with Crippen LogP contribution in [0.4, 0.5) is 0 Å². The van der Waals surface area contributed by atoms with Crippen LogP contribution >= 0.6 is 0 Å². The lowest BCUT2D eigenvalue weighted by molar-refractivity contribution is 0.0935. The van der Waals surface area contributed by atoms with E-state index in [9.17, 15) is 13.2 Å². The summed E-state index contributed by atoms with van der Waals surface area (Å²) in [6.45, 7) is 4.27. The lowest BCUT2D eigenvalue weighted by atomic mass is 10.1. The summed E-state index contributed by atoms with van der Waals surface area (Å²) in [4.78, 5) is 12.6. The highest BCUT2D eigenvalue weighted by Gasteiger charge is 2.17. The molecular formula is C21H23NO5S. The molecule has 0 aliphatic carbocycles. The maximum atomic E-state index is 12.6. The monoisotopic (exact) mass is 401 g/mol. The molecule has 7 heteroatoms. The second-order valence-corrected chi connectivity index (χ2v) is 8.86. The Balaban J connectivity index is 1.78. The molecule has 2 aromatic carbocycles. The van der Waals surface area contributed by atoms with Gasteiger partial charge in [-0.3, -0.25) is 4.79 Å². The van der Waals surface area contributed by atoms with Crippen LogP contribution in [0.1, 0.15) is 41.6 Å². The molecule has 1 unspecified atom stereocenters. The van der Waals surface area contributed by atoms with E-state index in [0.29, 0.717) is 34.8 Å². The van der Waals surface area contributed by atoms with Gasteiger partial charge >= 0.3 is 0 Å². The van der Waals surface area contributed by atoms with Crippen LogP contribution in [-0.4, -0.2) is 27.2 Å². The number of rotatable bonds is 7. The standard InChI is InChI=1S/C21H23NO5S/c1-4-26-18-10-6-8-16-12-19(27-20(16)18)14(2)22-21(23)17-9-5-7-15(11-17)13-28(3,24)25/h5-12,14H,4,13H2,1-3H3,(H,22,23). The maximum absolute atomic E-state index is 12.6. The van der Waals surface area contributed by atoms with E-state index in [-0.39, 0.29) is 17.7 Å². The Morgan fingerprint density at radius 3 is 2.64 bits per heavy atom. The minimum absolute atomic E-state index is 0.104. The van der Waals surface area contributed by atoms with E-state index >= 15 is 0 Å². The first-order chi connectivity index (χ1) is 13.3. The smallest absolute Gasteiger partial charge is 0.251 e. The van der Waals surface area contributed by atoms with Gasteiger partial charge in [0.15, 0.2) is 21.2 Å². The molecule has 0 radical (unpaired) electrons. The molecule has 0 bridgehead atoms. The molecule has 3 aromatic rings. The number of furan rings is 1. The van der Waals surface area contributed by atoms with E-state index in [0.717, 1.165) is 5.39 Å². The molecule has 1 aromatic heterocycles. The topological polar surface area (TPSA) is 85.6 Å². The van der Waals surface area contributed by atoms with Crippen LogP contribution in [0.2, 0.25) is 0 Å². The minimum atomic E-state index is -3.17. The summed E-state index contributed by atoms with van der Waals surface area (Å²) < 4.78 is 34.5. The Morgan fingerprint density at radius 2 is 1.93 bits per heavy atom. The van der Waals surface area contributed by atoms with Gasteiger partial charge in [0.05, 0.1) is 18.4 Å². The van der Waals surface area contributed by atoms with Crippen molar-refractivity contribution in [3.05, 3.63) is 65.4 Å². The van der Waals surface area contributed by atoms with Crippen LogP contribution in [0.5, 0.6) is 5.75 Å². The SMILES string of the molecule is CCOc1cccc2cc(C(C)NC(=O)c3cccc(CS(C)(=O)=O)c3)oc12. The highest BCUT2D eigenvalue weighted by Crippen LogP contribution is 2.31. The molecule has 1 heterocycles. The molecule has 148 valence electrons. The number of sulfone groups is 1. The highest BCUT2D eigenvalue weighted by molar-refractivity contribution is 7.89. The number of hydrogen-bond donors (Lipinski definition) is 1. The predicted octanol–water partition coefficient (Wildman–Crippen LogP) is 3.87. The first-order valence-electron chi connectivity index (χ1n) is 8.99. The quantitative estimate of drug-likeness (QED) is 0.650. The number of fused-ring (bicyclic) bond motifs is 1. The van der Waals surface area contributed by atoms with E-state index in [1.54, 1.807) is 24.3 Å². The maximum Gasteiger partial charge on any atom is 0.251 e. The Labute approximate surface area is 164 Å². The van der Waals surface area contributed by atoms with Gasteiger partial charge < -0.3 is 14.5 Å². The third kappa shape index (κ3) is 4.72. The van der Waals surface area contributed by atoms with Crippen LogP contribution in [0.25, 0.3) is 11.0 Å². The molecule has 1 N–H and O–H groups in total. The Hall–Kier alpha value is -2.80. The number of carbonyl (C=O) groups is 1. The zero-order chi connectivity index (χ0) is 20.3. The average molecular weight is 401 g/mol. The van der Waals surface area contributed by atoms with Crippen molar-refractivity contribution >= 4 is 26.7 Å². The molecule has 1 amide bonds. The second kappa shape index (κ2) is 8.06. The third-order valence-electron chi connectivity index (χ3n) is 4.22. The lowest BCUT2D eigenvalue weighted by Gasteiger charge is -2.12. The van der Waals surface area contributed by atoms with Gasteiger partial charge in [0.25, 0.3) is 5.91 Å². The van der Waals surface area contributed by atoms with E-state index in [4.69, 9.17) is 9.15 Å². The van der Waals surface area contributed by atoms with Gasteiger partial charge in [-0.15, -0.1) is 0 Å². The zero-order valence-electron chi connectivity index (χ0n) is 16.1. The Kier molecular flexibility index (Phi) is 5.74. The van der Waals surface area contributed by atoms with Crippen molar-refractivity contribution in [2.24, 2.45) is 0 Å². The molecule has 3 rings (SSSR count). The summed E-state index contributed by atoms with van der Waals surface area (Å²) in [7, 11) is -3.17. The number of amides is 1. The van der Waals surface area contributed by atoms with E-state index in [1.807, 2.05) is 38.1 Å². The first-order valence-corrected chi connectivity index (χ1v) is 11.1. The molecule has 0 fully saturated rings. The van der Waals surface area contributed by atoms with Crippen LogP contribution < -0.4 is 10.1 Å². The van der Waals surface area contributed by atoms with Crippen molar-refractivity contribution in [1.29, 1.82) is 0 Å². The minimum Gasteiger partial charge on any atom is -0.490 e. The lowest BCUT2D eigenvalue weighted by Crippen LogP contribution is -2.26. The van der Waals surface area contributed by atoms with Crippen molar-refractivity contribution < 1.29 is 22.4 Å². The first kappa shape index (κ1) is 19.9. The molecule has 0 saturated carbocycles. The summed E-state index contributed by atoms with van der Waals surface area (Å²) in [5, 5.41) is 3.79. The number of benzene rings is 2. The van der Waals surface area contributed by atoms with Gasteiger partial charge in [0.2, 0.25) is 0 Å². The van der Waals surface area contributed by atoms with Gasteiger partial charge in [-0.05, 0) is 43.7 Å². The van der Waals surface area contributed by atoms with Crippen LogP contribution in [-0.2, 0) is 15.6 Å². The number of hydrogen-bond acceptors (Lipinski definition) is 5. The molecule has 0 aliphatic heterocycles. The van der Waals surface area contributed by atoms with Gasteiger partial charge in [0, 0.05) is 17.2 Å². The molecule has 28 heavy (non-hydrogen) atoms. The number of para-hydroxylation sites is 1. The van der Waals surface area contributed by atoms with Crippen molar-refractivity contribution in [3.63, 3.8) is 0 Å². The summed E-state index contributed by atoms with van der Waals surface area (Å²) >= 11 is 0. The van der Waals surface area contributed by atoms with E-state index in [1.165, 1.54) is 6.26 Å². The van der Waals surface area contributed by atoms with Gasteiger partial charge in [-0.2, -0.15) is 0 Å². The summed E-state index contributed by atoms with van der Waals surface area (Å²) in [6.07, 6.45) is 1.17.